The lowest BCUT2D eigenvalue weighted by Gasteiger charge is -2.24. The number of thiophene rings is 1. The number of rotatable bonds is 8. The van der Waals surface area contributed by atoms with Crippen LogP contribution in [0.1, 0.15) is 33.4 Å². The van der Waals surface area contributed by atoms with E-state index in [2.05, 4.69) is 10.7 Å². The lowest BCUT2D eigenvalue weighted by atomic mass is 10.1. The van der Waals surface area contributed by atoms with Crippen molar-refractivity contribution < 1.29 is 28.3 Å². The Morgan fingerprint density at radius 1 is 1.08 bits per heavy atom. The predicted octanol–water partition coefficient (Wildman–Crippen LogP) is 3.74. The minimum atomic E-state index is -1.15. The second-order valence-corrected chi connectivity index (χ2v) is 9.10. The van der Waals surface area contributed by atoms with Crippen LogP contribution >= 0.6 is 23.6 Å². The number of carbonyl (C=O) groups is 4. The Hall–Kier alpha value is -4.16. The van der Waals surface area contributed by atoms with Crippen LogP contribution in [0.2, 0.25) is 0 Å². The van der Waals surface area contributed by atoms with Gasteiger partial charge in [0.05, 0.1) is 29.2 Å². The van der Waals surface area contributed by atoms with Gasteiger partial charge in [-0.3, -0.25) is 24.7 Å². The molecule has 1 aromatic heterocycles. The van der Waals surface area contributed by atoms with E-state index in [4.69, 9.17) is 17.0 Å². The molecule has 0 radical (unpaired) electrons. The molecule has 1 fully saturated rings. The summed E-state index contributed by atoms with van der Waals surface area (Å²) in [5.41, 5.74) is 3.62. The zero-order valence-electron chi connectivity index (χ0n) is 19.5. The monoisotopic (exact) mass is 540 g/mol. The van der Waals surface area contributed by atoms with Gasteiger partial charge in [0.2, 0.25) is 11.0 Å². The second-order valence-electron chi connectivity index (χ2n) is 7.79. The number of esters is 1. The summed E-state index contributed by atoms with van der Waals surface area (Å²) in [7, 11) is 0. The fourth-order valence-electron chi connectivity index (χ4n) is 3.59. The van der Waals surface area contributed by atoms with Crippen LogP contribution in [-0.4, -0.2) is 46.5 Å². The van der Waals surface area contributed by atoms with Crippen LogP contribution in [0.4, 0.5) is 15.8 Å². The number of hydrogen-bond acceptors (Lipinski definition) is 7. The summed E-state index contributed by atoms with van der Waals surface area (Å²) in [6.07, 6.45) is -0.349. The molecule has 1 saturated heterocycles. The molecule has 9 nitrogen and oxygen atoms in total. The minimum Gasteiger partial charge on any atom is -0.462 e. The zero-order chi connectivity index (χ0) is 26.5. The number of carbonyl (C=O) groups excluding carboxylic acids is 4. The fourth-order valence-corrected chi connectivity index (χ4v) is 4.57. The molecular weight excluding hydrogens is 519 g/mol. The number of anilines is 2. The lowest BCUT2D eigenvalue weighted by Crippen LogP contribution is -2.49. The van der Waals surface area contributed by atoms with Crippen molar-refractivity contribution in [2.75, 3.05) is 16.8 Å². The number of hydrazine groups is 1. The number of benzene rings is 2. The first-order chi connectivity index (χ1) is 17.8. The molecule has 0 saturated carbocycles. The molecule has 190 valence electrons. The summed E-state index contributed by atoms with van der Waals surface area (Å²) in [6.45, 7) is 1.91. The summed E-state index contributed by atoms with van der Waals surface area (Å²) in [6, 6.07) is 13.4. The molecule has 4 rings (SSSR count). The van der Waals surface area contributed by atoms with E-state index in [1.54, 1.807) is 24.4 Å². The van der Waals surface area contributed by atoms with Gasteiger partial charge in [0.1, 0.15) is 11.9 Å². The van der Waals surface area contributed by atoms with Gasteiger partial charge >= 0.3 is 5.97 Å². The highest BCUT2D eigenvalue weighted by Crippen LogP contribution is 2.27. The summed E-state index contributed by atoms with van der Waals surface area (Å²) in [5.74, 6) is -2.54. The van der Waals surface area contributed by atoms with Gasteiger partial charge in [0.25, 0.3) is 11.8 Å². The molecule has 37 heavy (non-hydrogen) atoms. The lowest BCUT2D eigenvalue weighted by molar-refractivity contribution is -0.124. The molecule has 1 atom stereocenters. The number of hydrogen-bond donors (Lipinski definition) is 2. The van der Waals surface area contributed by atoms with E-state index in [0.717, 1.165) is 0 Å². The van der Waals surface area contributed by atoms with Gasteiger partial charge in [-0.2, -0.15) is 0 Å². The maximum Gasteiger partial charge on any atom is 0.338 e. The number of thiocarbonyl (C=S) groups is 1. The molecule has 3 aromatic rings. The zero-order valence-corrected chi connectivity index (χ0v) is 21.1. The van der Waals surface area contributed by atoms with Crippen LogP contribution in [-0.2, 0) is 14.3 Å². The average Bonchev–Trinajstić information content (AvgIpc) is 3.49. The highest BCUT2D eigenvalue weighted by atomic mass is 32.1. The van der Waals surface area contributed by atoms with E-state index in [9.17, 15) is 23.6 Å². The number of nitrogens with zero attached hydrogens (tertiary/aromatic N) is 2. The van der Waals surface area contributed by atoms with Gasteiger partial charge in [-0.1, -0.05) is 6.07 Å². The summed E-state index contributed by atoms with van der Waals surface area (Å²) >= 11 is 6.73. The van der Waals surface area contributed by atoms with Crippen molar-refractivity contribution >= 4 is 63.7 Å². The van der Waals surface area contributed by atoms with Crippen molar-refractivity contribution in [3.63, 3.8) is 0 Å². The Bertz CT molecular complexity index is 1330. The molecule has 2 heterocycles. The van der Waals surface area contributed by atoms with E-state index < -0.39 is 35.5 Å². The van der Waals surface area contributed by atoms with Crippen molar-refractivity contribution in [2.45, 2.75) is 19.4 Å². The molecule has 3 amide bonds. The van der Waals surface area contributed by atoms with Gasteiger partial charge < -0.3 is 10.1 Å². The molecule has 0 unspecified atom stereocenters. The van der Waals surface area contributed by atoms with Crippen LogP contribution in [0.3, 0.4) is 0 Å². The largest absolute Gasteiger partial charge is 0.462 e. The van der Waals surface area contributed by atoms with Crippen molar-refractivity contribution in [3.05, 3.63) is 82.3 Å². The van der Waals surface area contributed by atoms with Gasteiger partial charge in [-0.05, 0) is 79.1 Å². The third-order valence-electron chi connectivity index (χ3n) is 5.32. The first kappa shape index (κ1) is 25.9. The smallest absolute Gasteiger partial charge is 0.338 e. The van der Waals surface area contributed by atoms with Crippen LogP contribution in [0.5, 0.6) is 0 Å². The third kappa shape index (κ3) is 5.81. The van der Waals surface area contributed by atoms with Crippen LogP contribution < -0.4 is 15.6 Å². The first-order valence-electron chi connectivity index (χ1n) is 11.1. The Kier molecular flexibility index (Phi) is 7.89. The molecule has 0 aliphatic carbocycles. The normalized spacial score (nSPS) is 15.0. The quantitative estimate of drug-likeness (QED) is 0.331. The summed E-state index contributed by atoms with van der Waals surface area (Å²) < 4.78 is 18.2. The van der Waals surface area contributed by atoms with Crippen molar-refractivity contribution in [1.29, 1.82) is 0 Å². The Labute approximate surface area is 220 Å². The van der Waals surface area contributed by atoms with E-state index in [0.29, 0.717) is 21.8 Å². The van der Waals surface area contributed by atoms with E-state index >= 15 is 0 Å². The molecule has 2 N–H and O–H groups in total. The third-order valence-corrected chi connectivity index (χ3v) is 6.57. The minimum absolute atomic E-state index is 0.0432. The number of amides is 3. The highest BCUT2D eigenvalue weighted by Gasteiger charge is 2.45. The van der Waals surface area contributed by atoms with Crippen molar-refractivity contribution in [3.8, 4) is 0 Å². The fraction of sp³-hybridized carbons (Fsp3) is 0.160. The second kappa shape index (κ2) is 11.3. The average molecular weight is 541 g/mol. The molecule has 2 aromatic carbocycles. The predicted molar refractivity (Wildman–Crippen MR) is 140 cm³/mol. The molecule has 0 bridgehead atoms. The first-order valence-corrected chi connectivity index (χ1v) is 12.4. The van der Waals surface area contributed by atoms with E-state index in [-0.39, 0.29) is 18.1 Å². The Balaban J connectivity index is 1.58. The molecule has 1 aliphatic rings. The van der Waals surface area contributed by atoms with Crippen LogP contribution in [0.25, 0.3) is 0 Å². The molecule has 1 aliphatic heterocycles. The van der Waals surface area contributed by atoms with Gasteiger partial charge in [-0.15, -0.1) is 11.3 Å². The van der Waals surface area contributed by atoms with Gasteiger partial charge in [0, 0.05) is 5.69 Å². The number of nitrogens with one attached hydrogen (secondary N) is 2. The summed E-state index contributed by atoms with van der Waals surface area (Å²) in [5, 5.41) is 5.48. The highest BCUT2D eigenvalue weighted by molar-refractivity contribution is 7.80. The maximum atomic E-state index is 13.5. The maximum absolute atomic E-state index is 13.5. The Morgan fingerprint density at radius 2 is 1.78 bits per heavy atom. The molecule has 0 spiro atoms. The van der Waals surface area contributed by atoms with Crippen molar-refractivity contribution in [2.24, 2.45) is 0 Å². The van der Waals surface area contributed by atoms with E-state index in [1.807, 2.05) is 0 Å². The Morgan fingerprint density at radius 3 is 2.41 bits per heavy atom. The molecule has 12 heteroatoms. The van der Waals surface area contributed by atoms with Crippen LogP contribution in [0, 0.1) is 5.82 Å². The SMILES string of the molecule is CCOC(=O)c1ccc(N2C(=O)[C@@H](CC(=O)Nc3ccc(F)cc3)N(NC(=O)c3cccs3)C2=S)cc1. The summed E-state index contributed by atoms with van der Waals surface area (Å²) in [4.78, 5) is 52.6. The standard InChI is InChI=1S/C25H21FN4O5S2/c1-2-35-24(34)15-5-11-18(12-6-15)29-23(33)19(14-21(31)27-17-9-7-16(26)8-10-17)30(25(29)36)28-22(32)20-4-3-13-37-20/h3-13,19H,2,14H2,1H3,(H,27,31)(H,28,32)/t19-/m1/s1. The van der Waals surface area contributed by atoms with Gasteiger partial charge in [0.15, 0.2) is 0 Å². The van der Waals surface area contributed by atoms with E-state index in [1.165, 1.54) is 69.8 Å². The molecular formula is C25H21FN4O5S2. The van der Waals surface area contributed by atoms with Crippen LogP contribution in [0.15, 0.2) is 66.0 Å². The topological polar surface area (TPSA) is 108 Å². The van der Waals surface area contributed by atoms with Crippen molar-refractivity contribution in [1.82, 2.24) is 10.4 Å². The number of halogens is 1. The van der Waals surface area contributed by atoms with Gasteiger partial charge in [-0.25, -0.2) is 14.2 Å². The number of ether oxygens (including phenoxy) is 1.